The highest BCUT2D eigenvalue weighted by Crippen LogP contribution is 2.29. The fourth-order valence-corrected chi connectivity index (χ4v) is 4.50. The molecule has 1 aliphatic rings. The van der Waals surface area contributed by atoms with Crippen LogP contribution >= 0.6 is 0 Å². The van der Waals surface area contributed by atoms with E-state index in [1.165, 1.54) is 12.3 Å². The number of aryl methyl sites for hydroxylation is 1. The van der Waals surface area contributed by atoms with Gasteiger partial charge in [0.25, 0.3) is 17.6 Å². The van der Waals surface area contributed by atoms with Gasteiger partial charge in [0.2, 0.25) is 5.91 Å². The number of piperidine rings is 1. The molecule has 1 aromatic heterocycles. The van der Waals surface area contributed by atoms with Crippen molar-refractivity contribution in [3.8, 4) is 0 Å². The van der Waals surface area contributed by atoms with Gasteiger partial charge < -0.3 is 20.0 Å². The number of nitrogens with zero attached hydrogens (tertiary/aromatic N) is 1. The summed E-state index contributed by atoms with van der Waals surface area (Å²) < 4.78 is 5.06. The quantitative estimate of drug-likeness (QED) is 0.327. The van der Waals surface area contributed by atoms with Crippen LogP contribution in [0.3, 0.4) is 0 Å². The van der Waals surface area contributed by atoms with Crippen LogP contribution in [0.2, 0.25) is 0 Å². The van der Waals surface area contributed by atoms with E-state index < -0.39 is 11.7 Å². The van der Waals surface area contributed by atoms with Crippen molar-refractivity contribution >= 4 is 34.9 Å². The van der Waals surface area contributed by atoms with Gasteiger partial charge in [0.05, 0.1) is 6.26 Å². The van der Waals surface area contributed by atoms with Crippen molar-refractivity contribution in [2.45, 2.75) is 45.4 Å². The Bertz CT molecular complexity index is 1270. The molecule has 192 valence electrons. The number of hydrogen-bond donors (Lipinski definition) is 2. The van der Waals surface area contributed by atoms with Gasteiger partial charge in [-0.2, -0.15) is 0 Å². The maximum absolute atomic E-state index is 12.8. The van der Waals surface area contributed by atoms with Crippen molar-refractivity contribution in [1.29, 1.82) is 0 Å². The standard InChI is InChI=1S/C29H31N3O5/c1-3-5-26(33)31-24-12-9-22(18-19(24)2)28(35)30-23-10-7-20(8-11-23)21-13-15-32(16-14-21)29(36)27(34)25-6-4-17-37-25/h4,6-12,17-18,21H,3,5,13-16H2,1-2H3,(H,30,35)(H,31,33). The lowest BCUT2D eigenvalue weighted by atomic mass is 9.89. The number of carbonyl (C=O) groups is 4. The normalized spacial score (nSPS) is 13.7. The summed E-state index contributed by atoms with van der Waals surface area (Å²) in [5.74, 6) is -1.08. The number of carbonyl (C=O) groups excluding carboxylic acids is 4. The molecule has 0 atom stereocenters. The van der Waals surface area contributed by atoms with Gasteiger partial charge in [-0.3, -0.25) is 19.2 Å². The number of anilines is 2. The Kier molecular flexibility index (Phi) is 8.18. The maximum Gasteiger partial charge on any atom is 0.298 e. The highest BCUT2D eigenvalue weighted by atomic mass is 16.3. The van der Waals surface area contributed by atoms with Gasteiger partial charge in [-0.1, -0.05) is 19.1 Å². The SMILES string of the molecule is CCCC(=O)Nc1ccc(C(=O)Nc2ccc(C3CCN(C(=O)C(=O)c4ccco4)CC3)cc2)cc1C. The van der Waals surface area contributed by atoms with Crippen LogP contribution < -0.4 is 10.6 Å². The summed E-state index contributed by atoms with van der Waals surface area (Å²) in [4.78, 5) is 50.9. The van der Waals surface area contributed by atoms with Crippen molar-refractivity contribution in [3.05, 3.63) is 83.3 Å². The summed E-state index contributed by atoms with van der Waals surface area (Å²) in [6.07, 6.45) is 4.12. The fraction of sp³-hybridized carbons (Fsp3) is 0.310. The van der Waals surface area contributed by atoms with Crippen molar-refractivity contribution in [1.82, 2.24) is 4.90 Å². The number of Topliss-reactive ketones (excluding diaryl/α,β-unsaturated/α-hetero) is 1. The summed E-state index contributed by atoms with van der Waals surface area (Å²) in [5, 5.41) is 5.79. The lowest BCUT2D eigenvalue weighted by molar-refractivity contribution is -0.127. The Hall–Kier alpha value is -4.20. The molecule has 0 aliphatic carbocycles. The fourth-order valence-electron chi connectivity index (χ4n) is 4.50. The predicted octanol–water partition coefficient (Wildman–Crippen LogP) is 5.17. The second kappa shape index (κ2) is 11.7. The van der Waals surface area contributed by atoms with E-state index in [4.69, 9.17) is 4.42 Å². The molecule has 2 heterocycles. The van der Waals surface area contributed by atoms with E-state index in [1.54, 1.807) is 29.2 Å². The summed E-state index contributed by atoms with van der Waals surface area (Å²) >= 11 is 0. The van der Waals surface area contributed by atoms with Gasteiger partial charge in [-0.05, 0) is 85.7 Å². The number of likely N-dealkylation sites (tertiary alicyclic amines) is 1. The molecule has 0 radical (unpaired) electrons. The topological polar surface area (TPSA) is 109 Å². The molecule has 1 fully saturated rings. The Morgan fingerprint density at radius 1 is 0.973 bits per heavy atom. The van der Waals surface area contributed by atoms with Crippen LogP contribution in [0.25, 0.3) is 0 Å². The first kappa shape index (κ1) is 25.9. The van der Waals surface area contributed by atoms with E-state index in [0.717, 1.165) is 30.4 Å². The van der Waals surface area contributed by atoms with Crippen molar-refractivity contribution in [2.24, 2.45) is 0 Å². The first-order valence-electron chi connectivity index (χ1n) is 12.5. The van der Waals surface area contributed by atoms with E-state index in [2.05, 4.69) is 10.6 Å². The first-order valence-corrected chi connectivity index (χ1v) is 12.5. The summed E-state index contributed by atoms with van der Waals surface area (Å²) in [5.41, 5.74) is 3.85. The second-order valence-corrected chi connectivity index (χ2v) is 9.28. The van der Waals surface area contributed by atoms with Gasteiger partial charge in [-0.25, -0.2) is 0 Å². The third kappa shape index (κ3) is 6.33. The Labute approximate surface area is 216 Å². The van der Waals surface area contributed by atoms with Crippen LogP contribution in [0.4, 0.5) is 11.4 Å². The number of amides is 3. The van der Waals surface area contributed by atoms with E-state index in [1.807, 2.05) is 38.1 Å². The van der Waals surface area contributed by atoms with Gasteiger partial charge in [0, 0.05) is 36.4 Å². The minimum Gasteiger partial charge on any atom is -0.461 e. The molecule has 2 aromatic carbocycles. The summed E-state index contributed by atoms with van der Waals surface area (Å²) in [6.45, 7) is 4.82. The zero-order valence-corrected chi connectivity index (χ0v) is 21.1. The van der Waals surface area contributed by atoms with E-state index >= 15 is 0 Å². The zero-order chi connectivity index (χ0) is 26.4. The molecule has 4 rings (SSSR count). The third-order valence-electron chi connectivity index (χ3n) is 6.60. The van der Waals surface area contributed by atoms with Crippen LogP contribution in [0, 0.1) is 6.92 Å². The molecule has 8 heteroatoms. The molecule has 0 unspecified atom stereocenters. The largest absolute Gasteiger partial charge is 0.461 e. The minimum absolute atomic E-state index is 0.0393. The molecule has 1 aliphatic heterocycles. The zero-order valence-electron chi connectivity index (χ0n) is 21.1. The van der Waals surface area contributed by atoms with Crippen LogP contribution in [0.15, 0.2) is 65.3 Å². The smallest absolute Gasteiger partial charge is 0.298 e. The Balaban J connectivity index is 1.30. The number of benzene rings is 2. The predicted molar refractivity (Wildman–Crippen MR) is 141 cm³/mol. The Morgan fingerprint density at radius 3 is 2.32 bits per heavy atom. The van der Waals surface area contributed by atoms with Crippen molar-refractivity contribution < 1.29 is 23.6 Å². The summed E-state index contributed by atoms with van der Waals surface area (Å²) in [6, 6.07) is 16.0. The van der Waals surface area contributed by atoms with Gasteiger partial charge in [-0.15, -0.1) is 0 Å². The molecule has 2 N–H and O–H groups in total. The second-order valence-electron chi connectivity index (χ2n) is 9.28. The highest BCUT2D eigenvalue weighted by molar-refractivity contribution is 6.41. The summed E-state index contributed by atoms with van der Waals surface area (Å²) in [7, 11) is 0. The number of furan rings is 1. The monoisotopic (exact) mass is 501 g/mol. The molecule has 3 aromatic rings. The number of ketones is 1. The van der Waals surface area contributed by atoms with Crippen LogP contribution in [0.5, 0.6) is 0 Å². The molecule has 0 bridgehead atoms. The lowest BCUT2D eigenvalue weighted by Crippen LogP contribution is -2.41. The van der Waals surface area contributed by atoms with Gasteiger partial charge in [0.15, 0.2) is 5.76 Å². The molecule has 3 amide bonds. The number of rotatable bonds is 8. The van der Waals surface area contributed by atoms with E-state index in [9.17, 15) is 19.2 Å². The van der Waals surface area contributed by atoms with Crippen LogP contribution in [-0.2, 0) is 9.59 Å². The van der Waals surface area contributed by atoms with Gasteiger partial charge in [0.1, 0.15) is 0 Å². The van der Waals surface area contributed by atoms with Crippen LogP contribution in [-0.4, -0.2) is 41.5 Å². The average molecular weight is 502 g/mol. The Morgan fingerprint density at radius 2 is 1.70 bits per heavy atom. The van der Waals surface area contributed by atoms with Crippen molar-refractivity contribution in [2.75, 3.05) is 23.7 Å². The highest BCUT2D eigenvalue weighted by Gasteiger charge is 2.29. The number of hydrogen-bond acceptors (Lipinski definition) is 5. The molecular weight excluding hydrogens is 470 g/mol. The van der Waals surface area contributed by atoms with E-state index in [0.29, 0.717) is 36.4 Å². The first-order chi connectivity index (χ1) is 17.9. The molecular formula is C29H31N3O5. The van der Waals surface area contributed by atoms with Crippen LogP contribution in [0.1, 0.15) is 70.6 Å². The maximum atomic E-state index is 12.8. The molecule has 1 saturated heterocycles. The lowest BCUT2D eigenvalue weighted by Gasteiger charge is -2.31. The molecule has 37 heavy (non-hydrogen) atoms. The van der Waals surface area contributed by atoms with Gasteiger partial charge >= 0.3 is 0 Å². The van der Waals surface area contributed by atoms with E-state index in [-0.39, 0.29) is 23.5 Å². The van der Waals surface area contributed by atoms with Crippen molar-refractivity contribution in [3.63, 3.8) is 0 Å². The third-order valence-corrected chi connectivity index (χ3v) is 6.60. The minimum atomic E-state index is -0.616. The molecule has 0 saturated carbocycles. The molecule has 0 spiro atoms. The average Bonchev–Trinajstić information content (AvgIpc) is 3.45. The number of nitrogens with one attached hydrogen (secondary N) is 2. The molecule has 8 nitrogen and oxygen atoms in total.